The zero-order valence-electron chi connectivity index (χ0n) is 28.5. The van der Waals surface area contributed by atoms with Crippen molar-refractivity contribution in [2.24, 2.45) is 0 Å². The van der Waals surface area contributed by atoms with E-state index in [0.29, 0.717) is 17.9 Å². The number of nitrogens with one attached hydrogen (secondary N) is 1. The molecule has 0 spiro atoms. The smallest absolute Gasteiger partial charge is 0.264 e. The fraction of sp³-hybridized carbons (Fsp3) is 0.316. The highest BCUT2D eigenvalue weighted by molar-refractivity contribution is 7.92. The third-order valence-electron chi connectivity index (χ3n) is 8.42. The van der Waals surface area contributed by atoms with Gasteiger partial charge >= 0.3 is 0 Å². The molecule has 4 rings (SSSR count). The molecule has 0 radical (unpaired) electrons. The minimum Gasteiger partial charge on any atom is -0.493 e. The molecular weight excluding hydrogens is 627 g/mol. The second kappa shape index (κ2) is 16.3. The largest absolute Gasteiger partial charge is 0.493 e. The van der Waals surface area contributed by atoms with Gasteiger partial charge in [-0.1, -0.05) is 79.2 Å². The fourth-order valence-corrected chi connectivity index (χ4v) is 6.72. The minimum atomic E-state index is -4.26. The average molecular weight is 672 g/mol. The number of sulfonamides is 1. The number of amides is 2. The molecule has 10 heteroatoms. The Labute approximate surface area is 284 Å². The summed E-state index contributed by atoms with van der Waals surface area (Å²) in [7, 11) is -1.32. The first-order chi connectivity index (χ1) is 23.0. The van der Waals surface area contributed by atoms with Gasteiger partial charge in [0.1, 0.15) is 12.6 Å². The lowest BCUT2D eigenvalue weighted by Gasteiger charge is -2.34. The van der Waals surface area contributed by atoms with Crippen LogP contribution in [0.3, 0.4) is 0 Å². The normalized spacial score (nSPS) is 12.5. The van der Waals surface area contributed by atoms with E-state index in [1.54, 1.807) is 24.3 Å². The Bertz CT molecular complexity index is 1800. The first-order valence-electron chi connectivity index (χ1n) is 16.0. The van der Waals surface area contributed by atoms with E-state index >= 15 is 0 Å². The summed E-state index contributed by atoms with van der Waals surface area (Å²) in [5, 5.41) is 3.06. The summed E-state index contributed by atoms with van der Waals surface area (Å²) in [6.45, 7) is 7.23. The number of benzene rings is 4. The van der Waals surface area contributed by atoms with Crippen molar-refractivity contribution < 1.29 is 27.5 Å². The van der Waals surface area contributed by atoms with Crippen molar-refractivity contribution >= 4 is 27.5 Å². The summed E-state index contributed by atoms with van der Waals surface area (Å²) < 4.78 is 40.7. The van der Waals surface area contributed by atoms with Crippen LogP contribution < -0.4 is 19.1 Å². The van der Waals surface area contributed by atoms with Crippen molar-refractivity contribution in [3.05, 3.63) is 119 Å². The van der Waals surface area contributed by atoms with Gasteiger partial charge in [-0.3, -0.25) is 13.9 Å². The maximum atomic E-state index is 14.7. The summed E-state index contributed by atoms with van der Waals surface area (Å²) in [5.41, 5.74) is 3.76. The molecule has 2 atom stereocenters. The Morgan fingerprint density at radius 1 is 0.833 bits per heavy atom. The van der Waals surface area contributed by atoms with Crippen LogP contribution in [0.5, 0.6) is 11.5 Å². The Hall–Kier alpha value is -4.83. The molecule has 0 saturated heterocycles. The van der Waals surface area contributed by atoms with Gasteiger partial charge in [-0.25, -0.2) is 8.42 Å². The van der Waals surface area contributed by atoms with Crippen LogP contribution in [0, 0.1) is 13.8 Å². The Morgan fingerprint density at radius 3 is 2.10 bits per heavy atom. The van der Waals surface area contributed by atoms with Crippen LogP contribution in [-0.2, 0) is 32.6 Å². The first kappa shape index (κ1) is 36.0. The van der Waals surface area contributed by atoms with Crippen LogP contribution in [0.4, 0.5) is 5.69 Å². The number of anilines is 1. The molecule has 1 N–H and O–H groups in total. The van der Waals surface area contributed by atoms with Crippen LogP contribution >= 0.6 is 0 Å². The quantitative estimate of drug-likeness (QED) is 0.165. The molecule has 0 fully saturated rings. The predicted octanol–water partition coefficient (Wildman–Crippen LogP) is 6.07. The van der Waals surface area contributed by atoms with Gasteiger partial charge in [0.05, 0.1) is 24.8 Å². The van der Waals surface area contributed by atoms with Crippen molar-refractivity contribution in [1.82, 2.24) is 10.2 Å². The van der Waals surface area contributed by atoms with E-state index < -0.39 is 28.5 Å². The highest BCUT2D eigenvalue weighted by atomic mass is 32.2. The number of carbonyl (C=O) groups excluding carboxylic acids is 2. The predicted molar refractivity (Wildman–Crippen MR) is 189 cm³/mol. The van der Waals surface area contributed by atoms with E-state index in [1.807, 2.05) is 82.3 Å². The highest BCUT2D eigenvalue weighted by Crippen LogP contribution is 2.34. The van der Waals surface area contributed by atoms with E-state index in [0.717, 1.165) is 26.6 Å². The second-order valence-corrected chi connectivity index (χ2v) is 13.7. The molecule has 0 heterocycles. The molecule has 2 amide bonds. The molecule has 4 aromatic rings. The third-order valence-corrected chi connectivity index (χ3v) is 10.2. The van der Waals surface area contributed by atoms with Gasteiger partial charge in [0, 0.05) is 25.1 Å². The van der Waals surface area contributed by atoms with Crippen LogP contribution in [0.2, 0.25) is 0 Å². The maximum Gasteiger partial charge on any atom is 0.264 e. The zero-order chi connectivity index (χ0) is 34.8. The molecular formula is C38H45N3O6S. The number of aryl methyl sites for hydroxylation is 2. The molecule has 0 unspecified atom stereocenters. The number of nitrogens with zero attached hydrogens (tertiary/aromatic N) is 2. The van der Waals surface area contributed by atoms with Gasteiger partial charge in [-0.2, -0.15) is 0 Å². The molecule has 0 aliphatic carbocycles. The summed E-state index contributed by atoms with van der Waals surface area (Å²) in [5.74, 6) is -0.137. The van der Waals surface area contributed by atoms with Crippen LogP contribution in [-0.4, -0.2) is 58.0 Å². The maximum absolute atomic E-state index is 14.7. The van der Waals surface area contributed by atoms with Gasteiger partial charge in [-0.05, 0) is 68.1 Å². The topological polar surface area (TPSA) is 105 Å². The highest BCUT2D eigenvalue weighted by Gasteiger charge is 2.35. The van der Waals surface area contributed by atoms with Crippen molar-refractivity contribution in [2.75, 3.05) is 25.1 Å². The standard InChI is InChI=1S/C38H45N3O6S/c1-7-29(4)39-38(43)34(23-30-14-9-8-10-15-30)40(25-31-16-12-11-13-28(31)3)37(42)26-41(32-19-22-35(46-5)36(24-32)47-6)48(44,45)33-20-17-27(2)18-21-33/h8-22,24,29,34H,7,23,25-26H2,1-6H3,(H,39,43)/t29-,34-/m1/s1. The van der Waals surface area contributed by atoms with Crippen molar-refractivity contribution in [3.8, 4) is 11.5 Å². The summed E-state index contributed by atoms with van der Waals surface area (Å²) in [6.07, 6.45) is 0.944. The molecule has 0 aliphatic rings. The van der Waals surface area contributed by atoms with Gasteiger partial charge in [0.15, 0.2) is 11.5 Å². The monoisotopic (exact) mass is 671 g/mol. The van der Waals surface area contributed by atoms with Crippen LogP contribution in [0.25, 0.3) is 0 Å². The first-order valence-corrected chi connectivity index (χ1v) is 17.4. The molecule has 9 nitrogen and oxygen atoms in total. The third kappa shape index (κ3) is 8.74. The van der Waals surface area contributed by atoms with Gasteiger partial charge < -0.3 is 19.7 Å². The SMILES string of the molecule is CC[C@@H](C)NC(=O)[C@@H](Cc1ccccc1)N(Cc1ccccc1C)C(=O)CN(c1ccc(OC)c(OC)c1)S(=O)(=O)c1ccc(C)cc1. The van der Waals surface area contributed by atoms with Crippen LogP contribution in [0.15, 0.2) is 102 Å². The Morgan fingerprint density at radius 2 is 1.48 bits per heavy atom. The number of hydrogen-bond donors (Lipinski definition) is 1. The summed E-state index contributed by atoms with van der Waals surface area (Å²) in [4.78, 5) is 30.3. The Balaban J connectivity index is 1.86. The number of rotatable bonds is 15. The minimum absolute atomic E-state index is 0.0245. The zero-order valence-corrected chi connectivity index (χ0v) is 29.3. The average Bonchev–Trinajstić information content (AvgIpc) is 3.09. The number of carbonyl (C=O) groups is 2. The van der Waals surface area contributed by atoms with E-state index in [4.69, 9.17) is 9.47 Å². The summed E-state index contributed by atoms with van der Waals surface area (Å²) in [6, 6.07) is 27.3. The van der Waals surface area contributed by atoms with Gasteiger partial charge in [-0.15, -0.1) is 0 Å². The van der Waals surface area contributed by atoms with E-state index in [1.165, 1.54) is 37.3 Å². The van der Waals surface area contributed by atoms with E-state index in [2.05, 4.69) is 5.32 Å². The lowest BCUT2D eigenvalue weighted by Crippen LogP contribution is -2.54. The van der Waals surface area contributed by atoms with Crippen LogP contribution in [0.1, 0.15) is 42.5 Å². The number of methoxy groups -OCH3 is 2. The van der Waals surface area contributed by atoms with Gasteiger partial charge in [0.25, 0.3) is 10.0 Å². The summed E-state index contributed by atoms with van der Waals surface area (Å²) >= 11 is 0. The molecule has 254 valence electrons. The van der Waals surface area contributed by atoms with Crippen molar-refractivity contribution in [1.29, 1.82) is 0 Å². The van der Waals surface area contributed by atoms with Gasteiger partial charge in [0.2, 0.25) is 11.8 Å². The van der Waals surface area contributed by atoms with E-state index in [9.17, 15) is 18.0 Å². The molecule has 4 aromatic carbocycles. The lowest BCUT2D eigenvalue weighted by molar-refractivity contribution is -0.140. The molecule has 0 aromatic heterocycles. The van der Waals surface area contributed by atoms with E-state index in [-0.39, 0.29) is 35.5 Å². The van der Waals surface area contributed by atoms with Crippen molar-refractivity contribution in [2.45, 2.75) is 64.1 Å². The molecule has 0 bridgehead atoms. The number of ether oxygens (including phenoxy) is 2. The second-order valence-electron chi connectivity index (χ2n) is 11.8. The Kier molecular flexibility index (Phi) is 12.2. The lowest BCUT2D eigenvalue weighted by atomic mass is 10.0. The molecule has 0 saturated carbocycles. The molecule has 0 aliphatic heterocycles. The molecule has 48 heavy (non-hydrogen) atoms. The fourth-order valence-electron chi connectivity index (χ4n) is 5.31. The number of hydrogen-bond acceptors (Lipinski definition) is 6. The van der Waals surface area contributed by atoms with Crippen molar-refractivity contribution in [3.63, 3.8) is 0 Å².